The van der Waals surface area contributed by atoms with Crippen molar-refractivity contribution >= 4 is 22.5 Å². The number of benzene rings is 2. The molecular weight excluding hydrogens is 276 g/mol. The van der Waals surface area contributed by atoms with Gasteiger partial charge in [-0.25, -0.2) is 4.99 Å². The number of ether oxygens (including phenoxy) is 1. The second-order valence-electron chi connectivity index (χ2n) is 5.11. The number of nitrogens with zero attached hydrogens (tertiary/aromatic N) is 3. The fourth-order valence-electron chi connectivity index (χ4n) is 2.50. The van der Waals surface area contributed by atoms with Gasteiger partial charge in [0.15, 0.2) is 5.69 Å². The van der Waals surface area contributed by atoms with E-state index in [2.05, 4.69) is 20.5 Å². The van der Waals surface area contributed by atoms with E-state index in [-0.39, 0.29) is 0 Å². The van der Waals surface area contributed by atoms with Crippen molar-refractivity contribution in [2.75, 3.05) is 12.0 Å². The van der Waals surface area contributed by atoms with Crippen LogP contribution in [0.2, 0.25) is 0 Å². The Hall–Kier alpha value is -2.95. The molecule has 1 aliphatic rings. The van der Waals surface area contributed by atoms with E-state index in [1.807, 2.05) is 55.5 Å². The van der Waals surface area contributed by atoms with Crippen molar-refractivity contribution in [2.24, 2.45) is 4.99 Å². The van der Waals surface area contributed by atoms with Gasteiger partial charge in [-0.3, -0.25) is 0 Å². The van der Waals surface area contributed by atoms with Gasteiger partial charge in [-0.15, -0.1) is 10.2 Å². The van der Waals surface area contributed by atoms with Gasteiger partial charge in [-0.05, 0) is 24.6 Å². The second kappa shape index (κ2) is 5.11. The van der Waals surface area contributed by atoms with Crippen LogP contribution in [0.5, 0.6) is 5.75 Å². The summed E-state index contributed by atoms with van der Waals surface area (Å²) in [5, 5.41) is 12.8. The zero-order chi connectivity index (χ0) is 14.9. The monoisotopic (exact) mass is 290 g/mol. The molecule has 1 N–H and O–H groups in total. The van der Waals surface area contributed by atoms with Crippen LogP contribution in [0.1, 0.15) is 11.3 Å². The normalized spacial score (nSPS) is 13.2. The fourth-order valence-corrected chi connectivity index (χ4v) is 2.50. The summed E-state index contributed by atoms with van der Waals surface area (Å²) in [6.45, 7) is 2.47. The highest BCUT2D eigenvalue weighted by Crippen LogP contribution is 2.28. The molecule has 0 spiro atoms. The predicted molar refractivity (Wildman–Crippen MR) is 86.4 cm³/mol. The maximum atomic E-state index is 5.97. The summed E-state index contributed by atoms with van der Waals surface area (Å²) in [5.41, 5.74) is 3.47. The molecule has 0 saturated carbocycles. The molecule has 1 aliphatic heterocycles. The van der Waals surface area contributed by atoms with Gasteiger partial charge in [0.2, 0.25) is 5.90 Å². The molecule has 0 radical (unpaired) electrons. The molecule has 108 valence electrons. The molecule has 1 aromatic heterocycles. The minimum Gasteiger partial charge on any atom is -0.437 e. The summed E-state index contributed by atoms with van der Waals surface area (Å²) in [6.07, 6.45) is 0. The molecule has 4 rings (SSSR count). The molecular formula is C17H14N4O. The van der Waals surface area contributed by atoms with Crippen LogP contribution < -0.4 is 10.1 Å². The summed E-state index contributed by atoms with van der Waals surface area (Å²) in [5.74, 6) is 1.28. The molecule has 22 heavy (non-hydrogen) atoms. The van der Waals surface area contributed by atoms with E-state index in [1.165, 1.54) is 0 Å². The summed E-state index contributed by atoms with van der Waals surface area (Å²) in [6, 6.07) is 15.7. The van der Waals surface area contributed by atoms with Crippen LogP contribution in [0.4, 0.5) is 5.69 Å². The largest absolute Gasteiger partial charge is 0.437 e. The van der Waals surface area contributed by atoms with Crippen LogP contribution in [0.3, 0.4) is 0 Å². The summed E-state index contributed by atoms with van der Waals surface area (Å²) in [7, 11) is 0. The zero-order valence-corrected chi connectivity index (χ0v) is 12.1. The van der Waals surface area contributed by atoms with E-state index >= 15 is 0 Å². The molecule has 0 unspecified atom stereocenters. The Morgan fingerprint density at radius 1 is 1.00 bits per heavy atom. The molecule has 0 fully saturated rings. The van der Waals surface area contributed by atoms with Crippen molar-refractivity contribution in [3.63, 3.8) is 0 Å². The van der Waals surface area contributed by atoms with Crippen molar-refractivity contribution in [2.45, 2.75) is 6.92 Å². The van der Waals surface area contributed by atoms with Gasteiger partial charge < -0.3 is 10.1 Å². The predicted octanol–water partition coefficient (Wildman–Crippen LogP) is 3.15. The minimum atomic E-state index is 0.462. The average molecular weight is 290 g/mol. The Morgan fingerprint density at radius 3 is 2.73 bits per heavy atom. The SMILES string of the molecule is Cc1ccccc1OC1=NCNc2c1nnc1ccccc21. The Bertz CT molecular complexity index is 889. The Morgan fingerprint density at radius 2 is 1.82 bits per heavy atom. The van der Waals surface area contributed by atoms with Crippen molar-refractivity contribution in [1.82, 2.24) is 10.2 Å². The van der Waals surface area contributed by atoms with Crippen LogP contribution in [-0.2, 0) is 0 Å². The van der Waals surface area contributed by atoms with Gasteiger partial charge in [0.05, 0.1) is 11.2 Å². The maximum absolute atomic E-state index is 5.97. The first-order chi connectivity index (χ1) is 10.8. The first-order valence-electron chi connectivity index (χ1n) is 7.10. The molecule has 0 amide bonds. The van der Waals surface area contributed by atoms with Crippen LogP contribution in [0.15, 0.2) is 53.5 Å². The van der Waals surface area contributed by atoms with Crippen molar-refractivity contribution in [1.29, 1.82) is 0 Å². The summed E-state index contributed by atoms with van der Waals surface area (Å²) in [4.78, 5) is 4.39. The number of rotatable bonds is 1. The topological polar surface area (TPSA) is 59.4 Å². The average Bonchev–Trinajstić information content (AvgIpc) is 2.57. The quantitative estimate of drug-likeness (QED) is 0.748. The molecule has 3 aromatic rings. The standard InChI is InChI=1S/C17H14N4O/c1-11-6-2-5-9-14(11)22-17-16-15(18-10-19-17)12-7-3-4-8-13(12)20-21-16/h2-9,18H,10H2,1H3. The minimum absolute atomic E-state index is 0.462. The number of hydrogen-bond donors (Lipinski definition) is 1. The number of anilines is 1. The van der Waals surface area contributed by atoms with E-state index in [9.17, 15) is 0 Å². The molecule has 5 nitrogen and oxygen atoms in total. The number of fused-ring (bicyclic) bond motifs is 3. The lowest BCUT2D eigenvalue weighted by Crippen LogP contribution is -2.23. The number of nitrogens with one attached hydrogen (secondary N) is 1. The van der Waals surface area contributed by atoms with E-state index in [0.29, 0.717) is 18.3 Å². The second-order valence-corrected chi connectivity index (χ2v) is 5.11. The third-order valence-corrected chi connectivity index (χ3v) is 3.65. The highest BCUT2D eigenvalue weighted by atomic mass is 16.5. The smallest absolute Gasteiger partial charge is 0.246 e. The first kappa shape index (κ1) is 12.8. The summed E-state index contributed by atoms with van der Waals surface area (Å²) >= 11 is 0. The van der Waals surface area contributed by atoms with Gasteiger partial charge in [0.1, 0.15) is 12.4 Å². The van der Waals surface area contributed by atoms with Crippen molar-refractivity contribution < 1.29 is 4.74 Å². The van der Waals surface area contributed by atoms with Gasteiger partial charge in [-0.2, -0.15) is 0 Å². The van der Waals surface area contributed by atoms with E-state index in [4.69, 9.17) is 4.74 Å². The lowest BCUT2D eigenvalue weighted by molar-refractivity contribution is 0.540. The van der Waals surface area contributed by atoms with E-state index in [0.717, 1.165) is 27.9 Å². The lowest BCUT2D eigenvalue weighted by atomic mass is 10.1. The number of aliphatic imine (C=N–C) groups is 1. The van der Waals surface area contributed by atoms with Crippen molar-refractivity contribution in [3.8, 4) is 5.75 Å². The highest BCUT2D eigenvalue weighted by Gasteiger charge is 2.21. The molecule has 2 aromatic carbocycles. The number of hydrogen-bond acceptors (Lipinski definition) is 5. The number of aryl methyl sites for hydroxylation is 1. The van der Waals surface area contributed by atoms with Crippen molar-refractivity contribution in [3.05, 3.63) is 59.8 Å². The molecule has 5 heteroatoms. The van der Waals surface area contributed by atoms with E-state index < -0.39 is 0 Å². The molecule has 0 atom stereocenters. The Kier molecular flexibility index (Phi) is 2.96. The van der Waals surface area contributed by atoms with Crippen LogP contribution in [0.25, 0.3) is 10.9 Å². The summed E-state index contributed by atoms with van der Waals surface area (Å²) < 4.78 is 5.97. The van der Waals surface area contributed by atoms with E-state index in [1.54, 1.807) is 0 Å². The Balaban J connectivity index is 1.80. The lowest BCUT2D eigenvalue weighted by Gasteiger charge is -2.19. The van der Waals surface area contributed by atoms with Crippen LogP contribution in [0, 0.1) is 6.92 Å². The fraction of sp³-hybridized carbons (Fsp3) is 0.118. The number of para-hydroxylation sites is 1. The van der Waals surface area contributed by atoms with Gasteiger partial charge in [0.25, 0.3) is 0 Å². The molecule has 0 bridgehead atoms. The van der Waals surface area contributed by atoms with Crippen LogP contribution >= 0.6 is 0 Å². The highest BCUT2D eigenvalue weighted by molar-refractivity contribution is 6.07. The third kappa shape index (κ3) is 2.07. The van der Waals surface area contributed by atoms with Gasteiger partial charge in [-0.1, -0.05) is 36.4 Å². The maximum Gasteiger partial charge on any atom is 0.246 e. The van der Waals surface area contributed by atoms with Gasteiger partial charge in [0, 0.05) is 5.39 Å². The number of aromatic nitrogens is 2. The third-order valence-electron chi connectivity index (χ3n) is 3.65. The molecule has 0 saturated heterocycles. The van der Waals surface area contributed by atoms with Crippen LogP contribution in [-0.4, -0.2) is 22.8 Å². The molecule has 0 aliphatic carbocycles. The zero-order valence-electron chi connectivity index (χ0n) is 12.1. The Labute approximate surface area is 127 Å². The van der Waals surface area contributed by atoms with Gasteiger partial charge >= 0.3 is 0 Å². The molecule has 2 heterocycles. The first-order valence-corrected chi connectivity index (χ1v) is 7.10.